The maximum Gasteiger partial charge on any atom is 0.261 e. The largest absolute Gasteiger partial charge is 0.486 e. The Balaban J connectivity index is 1.29. The van der Waals surface area contributed by atoms with Crippen LogP contribution in [0.2, 0.25) is 15.1 Å². The van der Waals surface area contributed by atoms with Crippen LogP contribution < -0.4 is 19.5 Å². The molecule has 0 atom stereocenters. The lowest BCUT2D eigenvalue weighted by Gasteiger charge is -2.14. The topological polar surface area (TPSA) is 107 Å². The first-order valence-corrected chi connectivity index (χ1v) is 15.3. The Kier molecular flexibility index (Phi) is 9.37. The second kappa shape index (κ2) is 13.4. The number of para-hydroxylation sites is 1. The molecule has 0 saturated carbocycles. The van der Waals surface area contributed by atoms with Crippen molar-refractivity contribution >= 4 is 62.1 Å². The third-order valence-electron chi connectivity index (χ3n) is 5.96. The van der Waals surface area contributed by atoms with Gasteiger partial charge < -0.3 is 14.8 Å². The highest BCUT2D eigenvalue weighted by Gasteiger charge is 2.20. The summed E-state index contributed by atoms with van der Waals surface area (Å²) in [6.45, 7) is 0.218. The molecule has 218 valence electrons. The highest BCUT2D eigenvalue weighted by atomic mass is 35.5. The normalized spacial score (nSPS) is 11.0. The molecule has 1 aromatic heterocycles. The summed E-state index contributed by atoms with van der Waals surface area (Å²) in [5.74, 6) is 0.625. The summed E-state index contributed by atoms with van der Waals surface area (Å²) in [5.41, 5.74) is 1.12. The average Bonchev–Trinajstić information content (AvgIpc) is 2.99. The molecule has 0 unspecified atom stereocenters. The van der Waals surface area contributed by atoms with E-state index in [1.165, 1.54) is 48.5 Å². The quantitative estimate of drug-likeness (QED) is 0.156. The average molecular weight is 655 g/mol. The molecule has 4 aromatic carbocycles. The maximum atomic E-state index is 13.2. The van der Waals surface area contributed by atoms with E-state index in [2.05, 4.69) is 15.0 Å². The van der Waals surface area contributed by atoms with Gasteiger partial charge in [0.1, 0.15) is 23.9 Å². The zero-order valence-electron chi connectivity index (χ0n) is 22.1. The number of nitrogens with one attached hydrogen (secondary N) is 2. The smallest absolute Gasteiger partial charge is 0.261 e. The Hall–Kier alpha value is -4.28. The number of pyridine rings is 1. The minimum absolute atomic E-state index is 0.00125. The maximum absolute atomic E-state index is 13.2. The number of halogens is 3. The molecule has 5 rings (SSSR count). The fourth-order valence-electron chi connectivity index (χ4n) is 3.87. The van der Waals surface area contributed by atoms with Crippen LogP contribution in [0.15, 0.2) is 114 Å². The number of sulfonamides is 1. The molecule has 0 aliphatic heterocycles. The predicted octanol–water partition coefficient (Wildman–Crippen LogP) is 8.47. The Morgan fingerprint density at radius 3 is 2.28 bits per heavy atom. The molecule has 0 fully saturated rings. The highest BCUT2D eigenvalue weighted by molar-refractivity contribution is 7.92. The molecule has 0 bridgehead atoms. The van der Waals surface area contributed by atoms with Crippen LogP contribution in [0.4, 0.5) is 11.4 Å². The molecule has 1 heterocycles. The van der Waals surface area contributed by atoms with Gasteiger partial charge in [-0.15, -0.1) is 0 Å². The third-order valence-corrected chi connectivity index (χ3v) is 8.18. The van der Waals surface area contributed by atoms with Crippen LogP contribution >= 0.6 is 34.8 Å². The monoisotopic (exact) mass is 653 g/mol. The Morgan fingerprint density at radius 2 is 1.56 bits per heavy atom. The van der Waals surface area contributed by atoms with Crippen molar-refractivity contribution in [2.75, 3.05) is 10.0 Å². The van der Waals surface area contributed by atoms with Crippen molar-refractivity contribution in [1.29, 1.82) is 0 Å². The molecule has 5 aromatic rings. The summed E-state index contributed by atoms with van der Waals surface area (Å²) in [7, 11) is -4.09. The molecule has 0 radical (unpaired) electrons. The predicted molar refractivity (Wildman–Crippen MR) is 168 cm³/mol. The zero-order chi connectivity index (χ0) is 30.4. The van der Waals surface area contributed by atoms with Gasteiger partial charge in [0.15, 0.2) is 0 Å². The van der Waals surface area contributed by atoms with E-state index in [1.54, 1.807) is 48.7 Å². The van der Waals surface area contributed by atoms with Crippen LogP contribution in [-0.2, 0) is 16.6 Å². The number of aromatic nitrogens is 1. The molecule has 8 nitrogen and oxygen atoms in total. The van der Waals surface area contributed by atoms with Gasteiger partial charge in [-0.05, 0) is 84.9 Å². The standard InChI is InChI=1S/C31H22Cl3N3O5S/c32-20-8-14-28(37-43(39,40)24-12-10-23(11-13-24)42-30-7-2-1-6-26(30)33)25(17-20)31(38)36-21-9-15-29(27(34)18-21)41-19-22-5-3-4-16-35-22/h1-18,37H,19H2,(H,36,38). The van der Waals surface area contributed by atoms with E-state index in [1.807, 2.05) is 12.1 Å². The number of rotatable bonds is 10. The number of carbonyl (C=O) groups excluding carboxylic acids is 1. The minimum Gasteiger partial charge on any atom is -0.486 e. The number of benzene rings is 4. The fourth-order valence-corrected chi connectivity index (χ4v) is 5.53. The van der Waals surface area contributed by atoms with E-state index in [-0.39, 0.29) is 32.8 Å². The second-order valence-corrected chi connectivity index (χ2v) is 11.9. The number of ether oxygens (including phenoxy) is 2. The Morgan fingerprint density at radius 1 is 0.791 bits per heavy atom. The van der Waals surface area contributed by atoms with Gasteiger partial charge in [0, 0.05) is 16.9 Å². The van der Waals surface area contributed by atoms with E-state index < -0.39 is 15.9 Å². The van der Waals surface area contributed by atoms with Crippen LogP contribution in [0.25, 0.3) is 0 Å². The molecule has 2 N–H and O–H groups in total. The number of hydrogen-bond donors (Lipinski definition) is 2. The molecular weight excluding hydrogens is 633 g/mol. The lowest BCUT2D eigenvalue weighted by molar-refractivity contribution is 0.102. The minimum atomic E-state index is -4.09. The van der Waals surface area contributed by atoms with Crippen molar-refractivity contribution in [3.8, 4) is 17.2 Å². The van der Waals surface area contributed by atoms with Gasteiger partial charge in [0.2, 0.25) is 0 Å². The van der Waals surface area contributed by atoms with Crippen LogP contribution in [0.5, 0.6) is 17.2 Å². The molecule has 0 aliphatic rings. The Labute approximate surface area is 263 Å². The van der Waals surface area contributed by atoms with Gasteiger partial charge in [-0.2, -0.15) is 0 Å². The first-order valence-electron chi connectivity index (χ1n) is 12.7. The van der Waals surface area contributed by atoms with Crippen LogP contribution in [0.1, 0.15) is 16.1 Å². The van der Waals surface area contributed by atoms with E-state index in [9.17, 15) is 13.2 Å². The van der Waals surface area contributed by atoms with Gasteiger partial charge in [0.25, 0.3) is 15.9 Å². The zero-order valence-corrected chi connectivity index (χ0v) is 25.2. The van der Waals surface area contributed by atoms with E-state index in [4.69, 9.17) is 44.3 Å². The van der Waals surface area contributed by atoms with E-state index in [0.717, 1.165) is 5.69 Å². The van der Waals surface area contributed by atoms with Crippen molar-refractivity contribution in [2.24, 2.45) is 0 Å². The van der Waals surface area contributed by atoms with Gasteiger partial charge in [0.05, 0.1) is 31.9 Å². The van der Waals surface area contributed by atoms with Gasteiger partial charge in [-0.1, -0.05) is 53.0 Å². The first-order chi connectivity index (χ1) is 20.7. The van der Waals surface area contributed by atoms with E-state index >= 15 is 0 Å². The van der Waals surface area contributed by atoms with E-state index in [0.29, 0.717) is 28.0 Å². The Bertz CT molecular complexity index is 1870. The van der Waals surface area contributed by atoms with Crippen molar-refractivity contribution in [3.05, 3.63) is 136 Å². The highest BCUT2D eigenvalue weighted by Crippen LogP contribution is 2.31. The molecule has 0 spiro atoms. The SMILES string of the molecule is O=C(Nc1ccc(OCc2ccccn2)c(Cl)c1)c1cc(Cl)ccc1NS(=O)(=O)c1ccc(Oc2ccccc2Cl)cc1. The number of hydrogen-bond acceptors (Lipinski definition) is 6. The van der Waals surface area contributed by atoms with Crippen LogP contribution in [0.3, 0.4) is 0 Å². The molecule has 43 heavy (non-hydrogen) atoms. The number of nitrogens with zero attached hydrogens (tertiary/aromatic N) is 1. The third kappa shape index (κ3) is 7.77. The lowest BCUT2D eigenvalue weighted by atomic mass is 10.1. The van der Waals surface area contributed by atoms with Gasteiger partial charge in [-0.25, -0.2) is 8.42 Å². The molecule has 12 heteroatoms. The molecule has 1 amide bonds. The summed E-state index contributed by atoms with van der Waals surface area (Å²) in [6, 6.07) is 27.2. The fraction of sp³-hybridized carbons (Fsp3) is 0.0323. The van der Waals surface area contributed by atoms with Gasteiger partial charge in [-0.3, -0.25) is 14.5 Å². The van der Waals surface area contributed by atoms with Crippen molar-refractivity contribution in [3.63, 3.8) is 0 Å². The summed E-state index contributed by atoms with van der Waals surface area (Å²) in [4.78, 5) is 17.4. The second-order valence-electron chi connectivity index (χ2n) is 9.01. The number of amides is 1. The van der Waals surface area contributed by atoms with Crippen LogP contribution in [0, 0.1) is 0 Å². The summed E-state index contributed by atoms with van der Waals surface area (Å²) >= 11 is 18.7. The first kappa shape index (κ1) is 30.2. The van der Waals surface area contributed by atoms with Crippen LogP contribution in [-0.4, -0.2) is 19.3 Å². The molecule has 0 saturated heterocycles. The molecular formula is C31H22Cl3N3O5S. The number of carbonyl (C=O) groups is 1. The summed E-state index contributed by atoms with van der Waals surface area (Å²) in [6.07, 6.45) is 1.66. The summed E-state index contributed by atoms with van der Waals surface area (Å²) in [5, 5.41) is 3.64. The van der Waals surface area contributed by atoms with Crippen molar-refractivity contribution in [2.45, 2.75) is 11.5 Å². The lowest BCUT2D eigenvalue weighted by Crippen LogP contribution is -2.18. The van der Waals surface area contributed by atoms with Gasteiger partial charge >= 0.3 is 0 Å². The summed E-state index contributed by atoms with van der Waals surface area (Å²) < 4.78 is 40.4. The molecule has 0 aliphatic carbocycles. The van der Waals surface area contributed by atoms with Crippen molar-refractivity contribution < 1.29 is 22.7 Å². The number of anilines is 2. The van der Waals surface area contributed by atoms with Crippen molar-refractivity contribution in [1.82, 2.24) is 4.98 Å².